The molecule has 1 fully saturated rings. The van der Waals surface area contributed by atoms with E-state index < -0.39 is 5.54 Å². The molecule has 1 unspecified atom stereocenters. The van der Waals surface area contributed by atoms with Crippen LogP contribution in [0, 0.1) is 18.3 Å². The van der Waals surface area contributed by atoms with Gasteiger partial charge in [-0.2, -0.15) is 5.26 Å². The average Bonchev–Trinajstić information content (AvgIpc) is 3.61. The van der Waals surface area contributed by atoms with Crippen LogP contribution >= 0.6 is 0 Å². The predicted molar refractivity (Wildman–Crippen MR) is 138 cm³/mol. The molecule has 1 atom stereocenters. The Hall–Kier alpha value is -4.13. The summed E-state index contributed by atoms with van der Waals surface area (Å²) >= 11 is 0. The molecular weight excluding hydrogens is 468 g/mol. The van der Waals surface area contributed by atoms with Gasteiger partial charge in [-0.3, -0.25) is 14.3 Å². The van der Waals surface area contributed by atoms with Gasteiger partial charge in [-0.1, -0.05) is 29.4 Å². The molecule has 0 radical (unpaired) electrons. The van der Waals surface area contributed by atoms with Gasteiger partial charge in [0.05, 0.1) is 30.3 Å². The van der Waals surface area contributed by atoms with Gasteiger partial charge in [0.25, 0.3) is 5.56 Å². The smallest absolute Gasteiger partial charge is 0.251 e. The number of rotatable bonds is 7. The third-order valence-corrected chi connectivity index (χ3v) is 6.56. The van der Waals surface area contributed by atoms with Crippen molar-refractivity contribution in [2.45, 2.75) is 45.3 Å². The van der Waals surface area contributed by atoms with E-state index in [1.54, 1.807) is 32.3 Å². The van der Waals surface area contributed by atoms with Crippen molar-refractivity contribution in [1.29, 1.82) is 5.26 Å². The number of nitrogens with zero attached hydrogens (tertiary/aromatic N) is 5. The fourth-order valence-electron chi connectivity index (χ4n) is 4.23. The first kappa shape index (κ1) is 24.6. The van der Waals surface area contributed by atoms with Crippen LogP contribution in [0.3, 0.4) is 0 Å². The molecule has 0 aliphatic carbocycles. The second kappa shape index (κ2) is 10.1. The van der Waals surface area contributed by atoms with Crippen LogP contribution < -0.4 is 10.9 Å². The van der Waals surface area contributed by atoms with Gasteiger partial charge in [0, 0.05) is 48.6 Å². The molecule has 9 heteroatoms. The summed E-state index contributed by atoms with van der Waals surface area (Å²) in [7, 11) is 0. The van der Waals surface area contributed by atoms with E-state index in [1.807, 2.05) is 25.1 Å². The normalized spacial score (nSPS) is 15.6. The number of aromatic nitrogens is 4. The third-order valence-electron chi connectivity index (χ3n) is 6.56. The highest BCUT2D eigenvalue weighted by atomic mass is 16.5. The van der Waals surface area contributed by atoms with Gasteiger partial charge in [-0.15, -0.1) is 0 Å². The van der Waals surface area contributed by atoms with Crippen molar-refractivity contribution in [3.05, 3.63) is 76.5 Å². The van der Waals surface area contributed by atoms with Crippen LogP contribution in [0.4, 0.5) is 0 Å². The van der Waals surface area contributed by atoms with E-state index in [2.05, 4.69) is 33.7 Å². The Kier molecular flexibility index (Phi) is 6.70. The molecule has 1 N–H and O–H groups in total. The van der Waals surface area contributed by atoms with Crippen LogP contribution in [-0.2, 0) is 16.8 Å². The molecule has 9 nitrogen and oxygen atoms in total. The SMILES string of the molecule is Cc1ncc(-c2ccc(=O)n(C(C)(C)C#N)c2)nc1-c1cc(-c2ccc(CNC3CCOC3)cc2)no1. The average molecular weight is 497 g/mol. The molecule has 0 amide bonds. The number of ether oxygens (including phenoxy) is 1. The van der Waals surface area contributed by atoms with Gasteiger partial charge in [-0.25, -0.2) is 4.98 Å². The van der Waals surface area contributed by atoms with E-state index in [0.29, 0.717) is 40.1 Å². The van der Waals surface area contributed by atoms with Crippen LogP contribution in [0.5, 0.6) is 0 Å². The number of hydrogen-bond acceptors (Lipinski definition) is 8. The van der Waals surface area contributed by atoms with Crippen molar-refractivity contribution in [3.8, 4) is 40.0 Å². The lowest BCUT2D eigenvalue weighted by Gasteiger charge is -2.19. The molecule has 0 bridgehead atoms. The number of nitriles is 1. The van der Waals surface area contributed by atoms with Gasteiger partial charge in [-0.05, 0) is 38.8 Å². The summed E-state index contributed by atoms with van der Waals surface area (Å²) in [6, 6.07) is 15.7. The van der Waals surface area contributed by atoms with Crippen molar-refractivity contribution in [1.82, 2.24) is 25.0 Å². The summed E-state index contributed by atoms with van der Waals surface area (Å²) in [5.74, 6) is 0.500. The summed E-state index contributed by atoms with van der Waals surface area (Å²) in [6.45, 7) is 7.61. The van der Waals surface area contributed by atoms with Gasteiger partial charge in [0.15, 0.2) is 5.76 Å². The number of pyridine rings is 1. The Morgan fingerprint density at radius 2 is 1.95 bits per heavy atom. The standard InChI is InChI=1S/C28H28N6O3/c1-18-27(32-24(14-30-18)21-8-9-26(35)34(15-21)28(2,3)17-29)25-12-23(33-37-25)20-6-4-19(5-7-20)13-31-22-10-11-36-16-22/h4-9,12,14-15,22,31H,10-11,13,16H2,1-3H3. The maximum atomic E-state index is 12.3. The zero-order valence-electron chi connectivity index (χ0n) is 21.1. The van der Waals surface area contributed by atoms with E-state index in [0.717, 1.165) is 31.7 Å². The second-order valence-electron chi connectivity index (χ2n) is 9.70. The summed E-state index contributed by atoms with van der Waals surface area (Å²) in [5.41, 5.74) is 4.06. The lowest BCUT2D eigenvalue weighted by Crippen LogP contribution is -2.34. The van der Waals surface area contributed by atoms with Crippen LogP contribution in [0.25, 0.3) is 34.0 Å². The molecule has 1 saturated heterocycles. The first-order valence-corrected chi connectivity index (χ1v) is 12.2. The van der Waals surface area contributed by atoms with E-state index in [4.69, 9.17) is 14.2 Å². The molecule has 4 aromatic rings. The molecule has 4 heterocycles. The Morgan fingerprint density at radius 1 is 1.16 bits per heavy atom. The molecule has 37 heavy (non-hydrogen) atoms. The third kappa shape index (κ3) is 5.21. The van der Waals surface area contributed by atoms with Crippen molar-refractivity contribution in [2.24, 2.45) is 0 Å². The highest BCUT2D eigenvalue weighted by Crippen LogP contribution is 2.28. The minimum atomic E-state index is -0.996. The molecule has 1 aliphatic heterocycles. The largest absolute Gasteiger partial charge is 0.380 e. The number of hydrogen-bond donors (Lipinski definition) is 1. The van der Waals surface area contributed by atoms with E-state index in [1.165, 1.54) is 16.2 Å². The van der Waals surface area contributed by atoms with Crippen molar-refractivity contribution in [3.63, 3.8) is 0 Å². The Balaban J connectivity index is 1.38. The molecule has 1 aliphatic rings. The van der Waals surface area contributed by atoms with Gasteiger partial charge < -0.3 is 14.6 Å². The molecule has 188 valence electrons. The highest BCUT2D eigenvalue weighted by molar-refractivity contribution is 5.68. The topological polar surface area (TPSA) is 119 Å². The second-order valence-corrected chi connectivity index (χ2v) is 9.70. The zero-order valence-corrected chi connectivity index (χ0v) is 21.1. The quantitative estimate of drug-likeness (QED) is 0.407. The molecular formula is C28H28N6O3. The molecule has 5 rings (SSSR count). The first-order chi connectivity index (χ1) is 17.8. The minimum absolute atomic E-state index is 0.259. The Morgan fingerprint density at radius 3 is 2.68 bits per heavy atom. The minimum Gasteiger partial charge on any atom is -0.380 e. The molecule has 0 spiro atoms. The zero-order chi connectivity index (χ0) is 26.0. The van der Waals surface area contributed by atoms with Crippen LogP contribution in [0.2, 0.25) is 0 Å². The van der Waals surface area contributed by atoms with Gasteiger partial charge in [0.1, 0.15) is 16.9 Å². The van der Waals surface area contributed by atoms with Crippen LogP contribution in [0.1, 0.15) is 31.5 Å². The van der Waals surface area contributed by atoms with Crippen LogP contribution in [0.15, 0.2) is 64.2 Å². The lowest BCUT2D eigenvalue weighted by molar-refractivity contribution is 0.190. The number of aryl methyl sites for hydroxylation is 1. The lowest BCUT2D eigenvalue weighted by atomic mass is 10.1. The Labute approximate surface area is 214 Å². The van der Waals surface area contributed by atoms with Gasteiger partial charge >= 0.3 is 0 Å². The van der Waals surface area contributed by atoms with Crippen molar-refractivity contribution >= 4 is 0 Å². The molecule has 0 saturated carbocycles. The predicted octanol–water partition coefficient (Wildman–Crippen LogP) is 4.07. The Bertz CT molecular complexity index is 1510. The van der Waals surface area contributed by atoms with E-state index >= 15 is 0 Å². The van der Waals surface area contributed by atoms with E-state index in [-0.39, 0.29) is 5.56 Å². The van der Waals surface area contributed by atoms with Crippen molar-refractivity contribution < 1.29 is 9.26 Å². The fourth-order valence-corrected chi connectivity index (χ4v) is 4.23. The summed E-state index contributed by atoms with van der Waals surface area (Å²) < 4.78 is 12.5. The van der Waals surface area contributed by atoms with Crippen molar-refractivity contribution in [2.75, 3.05) is 13.2 Å². The van der Waals surface area contributed by atoms with E-state index in [9.17, 15) is 10.1 Å². The monoisotopic (exact) mass is 496 g/mol. The summed E-state index contributed by atoms with van der Waals surface area (Å²) in [5, 5.41) is 17.3. The highest BCUT2D eigenvalue weighted by Gasteiger charge is 2.22. The number of benzene rings is 1. The first-order valence-electron chi connectivity index (χ1n) is 12.2. The summed E-state index contributed by atoms with van der Waals surface area (Å²) in [6.07, 6.45) is 4.33. The molecule has 1 aromatic carbocycles. The maximum absolute atomic E-state index is 12.3. The maximum Gasteiger partial charge on any atom is 0.251 e. The number of nitrogens with one attached hydrogen (secondary N) is 1. The van der Waals surface area contributed by atoms with Gasteiger partial charge in [0.2, 0.25) is 0 Å². The van der Waals surface area contributed by atoms with Crippen LogP contribution in [-0.4, -0.2) is 38.9 Å². The summed E-state index contributed by atoms with van der Waals surface area (Å²) in [4.78, 5) is 21.6. The fraction of sp³-hybridized carbons (Fsp3) is 0.321. The molecule has 3 aromatic heterocycles.